The van der Waals surface area contributed by atoms with Crippen LogP contribution in [0.4, 0.5) is 0 Å². The van der Waals surface area contributed by atoms with Gasteiger partial charge in [0.1, 0.15) is 0 Å². The number of thioether (sulfide) groups is 1. The van der Waals surface area contributed by atoms with Gasteiger partial charge in [-0.1, -0.05) is 48.5 Å². The van der Waals surface area contributed by atoms with E-state index in [1.807, 2.05) is 42.5 Å². The van der Waals surface area contributed by atoms with Crippen LogP contribution in [0.3, 0.4) is 0 Å². The third-order valence-corrected chi connectivity index (χ3v) is 4.31. The summed E-state index contributed by atoms with van der Waals surface area (Å²) < 4.78 is 0. The Bertz CT molecular complexity index is 653. The highest BCUT2D eigenvalue weighted by Crippen LogP contribution is 2.22. The molecule has 2 aromatic rings. The molecule has 0 saturated carbocycles. The molecule has 25 heavy (non-hydrogen) atoms. The minimum Gasteiger partial charge on any atom is -0.478 e. The monoisotopic (exact) mass is 360 g/mol. The molecule has 0 aliphatic carbocycles. The maximum atomic E-state index is 11.0. The number of carbonyl (C=O) groups is 2. The van der Waals surface area contributed by atoms with E-state index < -0.39 is 5.97 Å². The largest absolute Gasteiger partial charge is 0.478 e. The van der Waals surface area contributed by atoms with Crippen LogP contribution in [0.5, 0.6) is 0 Å². The number of hydrogen-bond acceptors (Lipinski definition) is 4. The van der Waals surface area contributed by atoms with E-state index in [4.69, 9.17) is 5.11 Å². The second kappa shape index (κ2) is 12.1. The van der Waals surface area contributed by atoms with Gasteiger partial charge in [-0.2, -0.15) is 11.8 Å². The van der Waals surface area contributed by atoms with E-state index in [1.54, 1.807) is 23.9 Å². The number of carbonyl (C=O) groups excluding carboxylic acids is 1. The second-order valence-electron chi connectivity index (χ2n) is 4.97. The van der Waals surface area contributed by atoms with E-state index in [-0.39, 0.29) is 5.91 Å². The molecule has 3 rings (SSSR count). The highest BCUT2D eigenvalue weighted by Gasteiger charge is 2.09. The van der Waals surface area contributed by atoms with Crippen molar-refractivity contribution in [2.45, 2.75) is 6.42 Å². The molecule has 1 aliphatic rings. The van der Waals surface area contributed by atoms with Gasteiger partial charge in [-0.15, -0.1) is 0 Å². The Balaban J connectivity index is 0.000000264. The lowest BCUT2D eigenvalue weighted by Crippen LogP contribution is -2.23. The zero-order valence-electron chi connectivity index (χ0n) is 14.3. The molecule has 0 unspecified atom stereocenters. The van der Waals surface area contributed by atoms with E-state index >= 15 is 0 Å². The Morgan fingerprint density at radius 3 is 2.40 bits per heavy atom. The molecule has 1 heterocycles. The summed E-state index contributed by atoms with van der Waals surface area (Å²) in [7, 11) is 1.50. The summed E-state index contributed by atoms with van der Waals surface area (Å²) in [6, 6.07) is 16.5. The number of benzene rings is 2. The first-order valence-corrected chi connectivity index (χ1v) is 9.14. The smallest absolute Gasteiger partial charge is 0.336 e. The molecule has 1 saturated heterocycles. The standard InChI is InChI=1S/C13H10O2.C5H9NOS.CH5N/c14-13(15)12-9-5-4-8-11(12)10-6-2-1-3-7-10;7-5-4-8-3-1-2-6-5;1-2/h1-9H,(H,14,15);1-4H2,(H,6,7);2H2,1H3. The van der Waals surface area contributed by atoms with Crippen molar-refractivity contribution in [2.75, 3.05) is 25.1 Å². The van der Waals surface area contributed by atoms with Crippen molar-refractivity contribution in [1.82, 2.24) is 5.32 Å². The third kappa shape index (κ3) is 7.41. The van der Waals surface area contributed by atoms with Crippen LogP contribution in [-0.2, 0) is 4.79 Å². The van der Waals surface area contributed by atoms with Gasteiger partial charge in [0.05, 0.1) is 11.3 Å². The van der Waals surface area contributed by atoms with Crippen LogP contribution in [0.2, 0.25) is 0 Å². The Kier molecular flexibility index (Phi) is 10.0. The zero-order valence-corrected chi connectivity index (χ0v) is 15.1. The minimum atomic E-state index is -0.894. The van der Waals surface area contributed by atoms with Crippen LogP contribution >= 0.6 is 11.8 Å². The SMILES string of the molecule is CN.O=C(O)c1ccccc1-c1ccccc1.O=C1CSCCCN1. The van der Waals surface area contributed by atoms with Gasteiger partial charge < -0.3 is 16.2 Å². The number of amides is 1. The summed E-state index contributed by atoms with van der Waals surface area (Å²) >= 11 is 1.71. The summed E-state index contributed by atoms with van der Waals surface area (Å²) in [6.07, 6.45) is 1.12. The van der Waals surface area contributed by atoms with Gasteiger partial charge in [-0.05, 0) is 36.4 Å². The van der Waals surface area contributed by atoms with Crippen molar-refractivity contribution < 1.29 is 14.7 Å². The topological polar surface area (TPSA) is 92.4 Å². The Hall–Kier alpha value is -2.31. The van der Waals surface area contributed by atoms with E-state index in [2.05, 4.69) is 11.1 Å². The summed E-state index contributed by atoms with van der Waals surface area (Å²) in [5.74, 6) is 1.07. The minimum absolute atomic E-state index is 0.188. The maximum Gasteiger partial charge on any atom is 0.336 e. The lowest BCUT2D eigenvalue weighted by atomic mass is 10.00. The van der Waals surface area contributed by atoms with Crippen molar-refractivity contribution in [3.05, 3.63) is 60.2 Å². The number of carboxylic acid groups (broad SMARTS) is 1. The Morgan fingerprint density at radius 1 is 1.08 bits per heavy atom. The molecule has 0 bridgehead atoms. The van der Waals surface area contributed by atoms with Crippen LogP contribution in [-0.4, -0.2) is 42.1 Å². The molecule has 0 radical (unpaired) electrons. The number of carboxylic acids is 1. The van der Waals surface area contributed by atoms with E-state index in [9.17, 15) is 9.59 Å². The van der Waals surface area contributed by atoms with Gasteiger partial charge in [-0.25, -0.2) is 4.79 Å². The zero-order chi connectivity index (χ0) is 18.5. The first kappa shape index (κ1) is 20.7. The summed E-state index contributed by atoms with van der Waals surface area (Å²) in [6.45, 7) is 0.867. The van der Waals surface area contributed by atoms with Crippen molar-refractivity contribution in [3.8, 4) is 11.1 Å². The summed E-state index contributed by atoms with van der Waals surface area (Å²) in [5.41, 5.74) is 6.52. The third-order valence-electron chi connectivity index (χ3n) is 3.26. The first-order valence-electron chi connectivity index (χ1n) is 7.98. The number of aromatic carboxylic acids is 1. The van der Waals surface area contributed by atoms with Crippen LogP contribution in [0.15, 0.2) is 54.6 Å². The molecule has 134 valence electrons. The van der Waals surface area contributed by atoms with Crippen molar-refractivity contribution in [3.63, 3.8) is 0 Å². The highest BCUT2D eigenvalue weighted by atomic mass is 32.2. The molecular weight excluding hydrogens is 336 g/mol. The summed E-state index contributed by atoms with van der Waals surface area (Å²) in [4.78, 5) is 21.5. The van der Waals surface area contributed by atoms with Crippen molar-refractivity contribution >= 4 is 23.6 Å². The van der Waals surface area contributed by atoms with E-state index in [0.29, 0.717) is 11.3 Å². The van der Waals surface area contributed by atoms with Crippen LogP contribution in [0.1, 0.15) is 16.8 Å². The molecule has 0 atom stereocenters. The van der Waals surface area contributed by atoms with Crippen LogP contribution < -0.4 is 11.1 Å². The number of rotatable bonds is 2. The lowest BCUT2D eigenvalue weighted by Gasteiger charge is -2.05. The molecule has 0 aromatic heterocycles. The van der Waals surface area contributed by atoms with E-state index in [1.165, 1.54) is 7.05 Å². The number of nitrogens with one attached hydrogen (secondary N) is 1. The van der Waals surface area contributed by atoms with E-state index in [0.717, 1.165) is 29.8 Å². The normalized spacial score (nSPS) is 13.1. The first-order chi connectivity index (χ1) is 12.2. The molecular formula is C19H24N2O3S. The lowest BCUT2D eigenvalue weighted by molar-refractivity contribution is -0.118. The molecule has 6 heteroatoms. The highest BCUT2D eigenvalue weighted by molar-refractivity contribution is 7.99. The molecule has 1 aliphatic heterocycles. The Morgan fingerprint density at radius 2 is 1.72 bits per heavy atom. The number of hydrogen-bond donors (Lipinski definition) is 3. The molecule has 1 amide bonds. The average molecular weight is 360 g/mol. The molecule has 0 spiro atoms. The van der Waals surface area contributed by atoms with Gasteiger partial charge >= 0.3 is 5.97 Å². The molecule has 2 aromatic carbocycles. The maximum absolute atomic E-state index is 11.0. The fraction of sp³-hybridized carbons (Fsp3) is 0.263. The molecule has 4 N–H and O–H groups in total. The fourth-order valence-corrected chi connectivity index (χ4v) is 2.94. The number of nitrogens with two attached hydrogens (primary N) is 1. The summed E-state index contributed by atoms with van der Waals surface area (Å²) in [5, 5.41) is 11.8. The van der Waals surface area contributed by atoms with Gasteiger partial charge in [0, 0.05) is 6.54 Å². The van der Waals surface area contributed by atoms with Gasteiger partial charge in [0.15, 0.2) is 0 Å². The second-order valence-corrected chi connectivity index (χ2v) is 6.08. The van der Waals surface area contributed by atoms with Gasteiger partial charge in [0.2, 0.25) is 5.91 Å². The van der Waals surface area contributed by atoms with Gasteiger partial charge in [-0.3, -0.25) is 4.79 Å². The fourth-order valence-electron chi connectivity index (χ4n) is 2.16. The van der Waals surface area contributed by atoms with Crippen molar-refractivity contribution in [2.24, 2.45) is 5.73 Å². The van der Waals surface area contributed by atoms with Crippen LogP contribution in [0, 0.1) is 0 Å². The predicted molar refractivity (Wildman–Crippen MR) is 104 cm³/mol. The molecule has 1 fully saturated rings. The average Bonchev–Trinajstić information content (AvgIpc) is 2.92. The van der Waals surface area contributed by atoms with Crippen LogP contribution in [0.25, 0.3) is 11.1 Å². The predicted octanol–water partition coefficient (Wildman–Crippen LogP) is 2.87. The van der Waals surface area contributed by atoms with Crippen molar-refractivity contribution in [1.29, 1.82) is 0 Å². The quantitative estimate of drug-likeness (QED) is 0.766. The van der Waals surface area contributed by atoms with Gasteiger partial charge in [0.25, 0.3) is 0 Å². The molecule has 5 nitrogen and oxygen atoms in total. The Labute approximate surface area is 152 Å².